The SMILES string of the molecule is Cc1nsc(NC(=O)N[C@H](C(=O)O)[C@@H](C)O)n1. The van der Waals surface area contributed by atoms with Crippen LogP contribution in [0.4, 0.5) is 9.93 Å². The van der Waals surface area contributed by atoms with E-state index in [0.29, 0.717) is 5.82 Å². The van der Waals surface area contributed by atoms with E-state index < -0.39 is 24.1 Å². The van der Waals surface area contributed by atoms with Crippen molar-refractivity contribution in [2.45, 2.75) is 26.0 Å². The Morgan fingerprint density at radius 3 is 2.53 bits per heavy atom. The first-order valence-corrected chi connectivity index (χ1v) is 5.46. The number of carboxylic acids is 1. The van der Waals surface area contributed by atoms with Crippen molar-refractivity contribution in [2.75, 3.05) is 5.32 Å². The zero-order valence-electron chi connectivity index (χ0n) is 9.17. The molecule has 17 heavy (non-hydrogen) atoms. The fourth-order valence-electron chi connectivity index (χ4n) is 1.01. The molecule has 1 heterocycles. The minimum Gasteiger partial charge on any atom is -0.480 e. The number of aliphatic carboxylic acids is 1. The van der Waals surface area contributed by atoms with Crippen LogP contribution in [-0.2, 0) is 4.79 Å². The van der Waals surface area contributed by atoms with Gasteiger partial charge in [-0.05, 0) is 13.8 Å². The molecule has 0 bridgehead atoms. The molecule has 0 unspecified atom stereocenters. The van der Waals surface area contributed by atoms with Gasteiger partial charge in [-0.3, -0.25) is 5.32 Å². The number of anilines is 1. The molecule has 0 radical (unpaired) electrons. The van der Waals surface area contributed by atoms with Crippen LogP contribution >= 0.6 is 11.5 Å². The minimum absolute atomic E-state index is 0.259. The summed E-state index contributed by atoms with van der Waals surface area (Å²) in [5, 5.41) is 22.6. The molecule has 9 heteroatoms. The standard InChI is InChI=1S/C8H12N4O4S/c1-3(13)5(6(14)15)10-7(16)11-8-9-4(2)12-17-8/h3,5,13H,1-2H3,(H,14,15)(H2,9,10,11,12,16)/t3-,5+/m1/s1. The van der Waals surface area contributed by atoms with E-state index in [9.17, 15) is 9.59 Å². The number of hydrogen-bond donors (Lipinski definition) is 4. The zero-order valence-corrected chi connectivity index (χ0v) is 9.98. The van der Waals surface area contributed by atoms with Gasteiger partial charge in [0, 0.05) is 11.5 Å². The lowest BCUT2D eigenvalue weighted by Gasteiger charge is -2.16. The van der Waals surface area contributed by atoms with Gasteiger partial charge in [-0.1, -0.05) is 0 Å². The summed E-state index contributed by atoms with van der Waals surface area (Å²) in [4.78, 5) is 26.0. The maximum atomic E-state index is 11.4. The average Bonchev–Trinajstić information content (AvgIpc) is 2.59. The molecule has 1 aromatic heterocycles. The lowest BCUT2D eigenvalue weighted by molar-refractivity contribution is -0.141. The van der Waals surface area contributed by atoms with Gasteiger partial charge in [-0.15, -0.1) is 0 Å². The molecule has 94 valence electrons. The highest BCUT2D eigenvalue weighted by Gasteiger charge is 2.25. The number of hydrogen-bond acceptors (Lipinski definition) is 6. The van der Waals surface area contributed by atoms with Gasteiger partial charge in [0.1, 0.15) is 5.82 Å². The highest BCUT2D eigenvalue weighted by molar-refractivity contribution is 7.09. The minimum atomic E-state index is -1.37. The summed E-state index contributed by atoms with van der Waals surface area (Å²) in [6.07, 6.45) is -1.20. The van der Waals surface area contributed by atoms with Crippen molar-refractivity contribution < 1.29 is 19.8 Å². The molecule has 4 N–H and O–H groups in total. The number of carbonyl (C=O) groups excluding carboxylic acids is 1. The maximum Gasteiger partial charge on any atom is 0.328 e. The van der Waals surface area contributed by atoms with Gasteiger partial charge in [0.05, 0.1) is 6.10 Å². The Kier molecular flexibility index (Phi) is 4.35. The molecule has 1 aromatic rings. The summed E-state index contributed by atoms with van der Waals surface area (Å²) in [5.41, 5.74) is 0. The largest absolute Gasteiger partial charge is 0.480 e. The lowest BCUT2D eigenvalue weighted by atomic mass is 10.2. The quantitative estimate of drug-likeness (QED) is 0.594. The van der Waals surface area contributed by atoms with E-state index in [0.717, 1.165) is 11.5 Å². The van der Waals surface area contributed by atoms with Gasteiger partial charge in [-0.25, -0.2) is 14.6 Å². The first-order chi connectivity index (χ1) is 7.90. The van der Waals surface area contributed by atoms with Crippen LogP contribution in [0, 0.1) is 6.92 Å². The third-order valence-electron chi connectivity index (χ3n) is 1.78. The Labute approximate surface area is 101 Å². The molecule has 8 nitrogen and oxygen atoms in total. The number of carbonyl (C=O) groups is 2. The Balaban J connectivity index is 2.56. The molecule has 2 amide bonds. The van der Waals surface area contributed by atoms with Crippen molar-refractivity contribution in [2.24, 2.45) is 0 Å². The van der Waals surface area contributed by atoms with Gasteiger partial charge < -0.3 is 15.5 Å². The van der Waals surface area contributed by atoms with Crippen LogP contribution in [0.1, 0.15) is 12.7 Å². The smallest absolute Gasteiger partial charge is 0.328 e. The summed E-state index contributed by atoms with van der Waals surface area (Å²) in [6.45, 7) is 2.93. The van der Waals surface area contributed by atoms with Crippen LogP contribution in [-0.4, -0.2) is 43.7 Å². The Hall–Kier alpha value is -1.74. The highest BCUT2D eigenvalue weighted by Crippen LogP contribution is 2.09. The second kappa shape index (κ2) is 5.55. The summed E-state index contributed by atoms with van der Waals surface area (Å²) in [5.74, 6) is -0.806. The number of rotatable bonds is 4. The molecule has 0 saturated carbocycles. The number of aliphatic hydroxyl groups is 1. The van der Waals surface area contributed by atoms with Gasteiger partial charge >= 0.3 is 12.0 Å². The van der Waals surface area contributed by atoms with Crippen molar-refractivity contribution in [3.05, 3.63) is 5.82 Å². The van der Waals surface area contributed by atoms with Crippen LogP contribution < -0.4 is 10.6 Å². The number of aromatic nitrogens is 2. The summed E-state index contributed by atoms with van der Waals surface area (Å²) in [7, 11) is 0. The first-order valence-electron chi connectivity index (χ1n) is 4.69. The van der Waals surface area contributed by atoms with Crippen LogP contribution in [0.15, 0.2) is 0 Å². The van der Waals surface area contributed by atoms with Gasteiger partial charge in [0.2, 0.25) is 5.13 Å². The average molecular weight is 260 g/mol. The van der Waals surface area contributed by atoms with Crippen LogP contribution in [0.25, 0.3) is 0 Å². The van der Waals surface area contributed by atoms with Crippen molar-refractivity contribution in [3.63, 3.8) is 0 Å². The van der Waals surface area contributed by atoms with E-state index in [4.69, 9.17) is 10.2 Å². The normalized spacial score (nSPS) is 13.8. The van der Waals surface area contributed by atoms with E-state index >= 15 is 0 Å². The lowest BCUT2D eigenvalue weighted by Crippen LogP contribution is -2.49. The molecule has 0 fully saturated rings. The van der Waals surface area contributed by atoms with E-state index in [1.54, 1.807) is 6.92 Å². The van der Waals surface area contributed by atoms with Gasteiger partial charge in [0.25, 0.3) is 0 Å². The summed E-state index contributed by atoms with van der Waals surface area (Å²) < 4.78 is 3.84. The van der Waals surface area contributed by atoms with Gasteiger partial charge in [-0.2, -0.15) is 4.37 Å². The van der Waals surface area contributed by atoms with Crippen LogP contribution in [0.5, 0.6) is 0 Å². The first kappa shape index (κ1) is 13.3. The number of urea groups is 1. The number of aryl methyl sites for hydroxylation is 1. The number of nitrogens with one attached hydrogen (secondary N) is 2. The van der Waals surface area contributed by atoms with E-state index in [2.05, 4.69) is 20.0 Å². The molecule has 0 aliphatic carbocycles. The van der Waals surface area contributed by atoms with Crippen molar-refractivity contribution in [1.82, 2.24) is 14.7 Å². The molecule has 2 atom stereocenters. The van der Waals surface area contributed by atoms with E-state index in [1.807, 2.05) is 0 Å². The van der Waals surface area contributed by atoms with Crippen LogP contribution in [0.2, 0.25) is 0 Å². The third-order valence-corrected chi connectivity index (χ3v) is 2.50. The summed E-state index contributed by atoms with van der Waals surface area (Å²) >= 11 is 0.979. The third kappa shape index (κ3) is 3.96. The van der Waals surface area contributed by atoms with Crippen molar-refractivity contribution >= 4 is 28.7 Å². The molecule has 0 aromatic carbocycles. The number of carboxylic acid groups (broad SMARTS) is 1. The Morgan fingerprint density at radius 1 is 1.47 bits per heavy atom. The number of aliphatic hydroxyl groups excluding tert-OH is 1. The van der Waals surface area contributed by atoms with E-state index in [1.165, 1.54) is 6.92 Å². The molecule has 0 spiro atoms. The number of nitrogens with zero attached hydrogens (tertiary/aromatic N) is 2. The monoisotopic (exact) mass is 260 g/mol. The number of amides is 2. The highest BCUT2D eigenvalue weighted by atomic mass is 32.1. The van der Waals surface area contributed by atoms with Crippen molar-refractivity contribution in [3.8, 4) is 0 Å². The zero-order chi connectivity index (χ0) is 13.0. The predicted molar refractivity (Wildman–Crippen MR) is 59.9 cm³/mol. The van der Waals surface area contributed by atoms with Crippen LogP contribution in [0.3, 0.4) is 0 Å². The topological polar surface area (TPSA) is 124 Å². The fraction of sp³-hybridized carbons (Fsp3) is 0.500. The molecule has 0 aliphatic rings. The summed E-state index contributed by atoms with van der Waals surface area (Å²) in [6, 6.07) is -2.13. The van der Waals surface area contributed by atoms with E-state index in [-0.39, 0.29) is 5.13 Å². The molecular weight excluding hydrogens is 248 g/mol. The predicted octanol–water partition coefficient (Wildman–Crippen LogP) is -0.198. The molecular formula is C8H12N4O4S. The molecule has 1 rings (SSSR count). The second-order valence-electron chi connectivity index (χ2n) is 3.30. The Bertz CT molecular complexity index is 419. The second-order valence-corrected chi connectivity index (χ2v) is 4.05. The fourth-order valence-corrected chi connectivity index (χ4v) is 1.58. The molecule has 0 saturated heterocycles. The maximum absolute atomic E-state index is 11.4. The van der Waals surface area contributed by atoms with Gasteiger partial charge in [0.15, 0.2) is 6.04 Å². The van der Waals surface area contributed by atoms with Crippen molar-refractivity contribution in [1.29, 1.82) is 0 Å². The molecule has 0 aliphatic heterocycles. The Morgan fingerprint density at radius 2 is 2.12 bits per heavy atom.